The molecule has 0 saturated carbocycles. The molecule has 220 valence electrons. The maximum atomic E-state index is 13.9. The molecule has 3 heterocycles. The monoisotopic (exact) mass is 625 g/mol. The lowest BCUT2D eigenvalue weighted by Gasteiger charge is -2.30. The number of fused-ring (bicyclic) bond motifs is 3. The summed E-state index contributed by atoms with van der Waals surface area (Å²) < 4.78 is 20.4. The highest BCUT2D eigenvalue weighted by Crippen LogP contribution is 2.54. The lowest BCUT2D eigenvalue weighted by Crippen LogP contribution is -2.33. The minimum absolute atomic E-state index is 0.263. The highest BCUT2D eigenvalue weighted by Gasteiger charge is 2.56. The van der Waals surface area contributed by atoms with E-state index in [9.17, 15) is 23.6 Å². The van der Waals surface area contributed by atoms with Crippen molar-refractivity contribution < 1.29 is 23.5 Å². The lowest BCUT2D eigenvalue weighted by molar-refractivity contribution is -0.122. The van der Waals surface area contributed by atoms with E-state index >= 15 is 0 Å². The zero-order chi connectivity index (χ0) is 30.5. The minimum Gasteiger partial charge on any atom is -0.497 e. The first-order valence-corrected chi connectivity index (χ1v) is 15.5. The summed E-state index contributed by atoms with van der Waals surface area (Å²) in [6.07, 6.45) is 0. The number of imide groups is 1. The van der Waals surface area contributed by atoms with Gasteiger partial charge in [0.1, 0.15) is 23.4 Å². The molecule has 44 heavy (non-hydrogen) atoms. The molecule has 2 unspecified atom stereocenters. The molecule has 3 atom stereocenters. The summed E-state index contributed by atoms with van der Waals surface area (Å²) in [6, 6.07) is 25.7. The van der Waals surface area contributed by atoms with Gasteiger partial charge in [-0.25, -0.2) is 9.29 Å². The molecule has 2 aliphatic heterocycles. The van der Waals surface area contributed by atoms with Crippen LogP contribution in [-0.4, -0.2) is 34.6 Å². The number of amides is 3. The van der Waals surface area contributed by atoms with Gasteiger partial charge in [0.15, 0.2) is 0 Å². The van der Waals surface area contributed by atoms with E-state index in [-0.39, 0.29) is 17.1 Å². The van der Waals surface area contributed by atoms with Gasteiger partial charge in [-0.3, -0.25) is 23.7 Å². The Labute approximate surface area is 259 Å². The summed E-state index contributed by atoms with van der Waals surface area (Å²) >= 11 is 2.10. The van der Waals surface area contributed by atoms with Crippen molar-refractivity contribution in [2.45, 2.75) is 22.7 Å². The molecule has 1 fully saturated rings. The third-order valence-corrected chi connectivity index (χ3v) is 10.5. The number of nitrogens with one attached hydrogen (secondary N) is 1. The number of thiazole rings is 1. The first-order chi connectivity index (χ1) is 21.3. The van der Waals surface area contributed by atoms with Crippen LogP contribution in [0.5, 0.6) is 5.75 Å². The van der Waals surface area contributed by atoms with Gasteiger partial charge in [0.2, 0.25) is 17.7 Å². The minimum atomic E-state index is -0.851. The number of carbonyl (C=O) groups excluding carboxylic acids is 3. The smallest absolute Gasteiger partial charge is 0.308 e. The van der Waals surface area contributed by atoms with Crippen molar-refractivity contribution in [1.82, 2.24) is 4.57 Å². The number of anilines is 2. The molecule has 7 rings (SSSR count). The van der Waals surface area contributed by atoms with Crippen LogP contribution in [0, 0.1) is 11.7 Å². The van der Waals surface area contributed by atoms with Crippen LogP contribution >= 0.6 is 23.1 Å². The molecule has 1 N–H and O–H groups in total. The molecule has 2 aliphatic rings. The van der Waals surface area contributed by atoms with E-state index in [1.165, 1.54) is 28.8 Å². The maximum absolute atomic E-state index is 13.9. The van der Waals surface area contributed by atoms with Crippen molar-refractivity contribution in [1.29, 1.82) is 0 Å². The third-order valence-electron chi connectivity index (χ3n) is 7.94. The Morgan fingerprint density at radius 3 is 2.36 bits per heavy atom. The summed E-state index contributed by atoms with van der Waals surface area (Å²) in [5.74, 6) is -2.56. The predicted molar refractivity (Wildman–Crippen MR) is 168 cm³/mol. The summed E-state index contributed by atoms with van der Waals surface area (Å²) in [7, 11) is 1.55. The fourth-order valence-corrected chi connectivity index (χ4v) is 8.65. The first-order valence-electron chi connectivity index (χ1n) is 13.8. The number of aromatic nitrogens is 1. The van der Waals surface area contributed by atoms with Crippen molar-refractivity contribution in [2.75, 3.05) is 17.3 Å². The Kier molecular flexibility index (Phi) is 7.06. The number of benzene rings is 4. The van der Waals surface area contributed by atoms with Crippen LogP contribution in [0.25, 0.3) is 10.8 Å². The number of carbonyl (C=O) groups is 3. The Morgan fingerprint density at radius 1 is 0.909 bits per heavy atom. The van der Waals surface area contributed by atoms with E-state index in [4.69, 9.17) is 4.74 Å². The standard InChI is InChI=1S/C33H24FN3O5S2/c1-42-24-14-7-19(8-15-24)26-27-28(31(40)37(30(27)39)23-12-9-21(34)10-13-23)43-32-29(26)44-33(41)36(32)17-25(38)35-22-11-6-18-4-2-3-5-20(18)16-22/h2-16,26-28H,17H2,1H3,(H,35,38)/t26-,27?,28?/m1/s1. The molecule has 0 radical (unpaired) electrons. The second-order valence-corrected chi connectivity index (χ2v) is 12.7. The van der Waals surface area contributed by atoms with Crippen LogP contribution in [0.3, 0.4) is 0 Å². The topological polar surface area (TPSA) is 97.7 Å². The number of rotatable bonds is 6. The summed E-state index contributed by atoms with van der Waals surface area (Å²) in [4.78, 5) is 55.8. The van der Waals surface area contributed by atoms with E-state index in [1.807, 2.05) is 48.5 Å². The molecule has 0 bridgehead atoms. The SMILES string of the molecule is COc1ccc([C@H]2c3sc(=O)n(CC(=O)Nc4ccc5ccccc5c4)c3SC3C(=O)N(c4ccc(F)cc4)C(=O)C32)cc1. The van der Waals surface area contributed by atoms with Gasteiger partial charge < -0.3 is 10.1 Å². The van der Waals surface area contributed by atoms with Crippen LogP contribution in [0.2, 0.25) is 0 Å². The summed E-state index contributed by atoms with van der Waals surface area (Å²) in [5.41, 5.74) is 1.61. The lowest BCUT2D eigenvalue weighted by atomic mass is 9.83. The zero-order valence-corrected chi connectivity index (χ0v) is 24.9. The molecule has 4 aromatic carbocycles. The fourth-order valence-electron chi connectivity index (χ4n) is 5.88. The van der Waals surface area contributed by atoms with E-state index in [2.05, 4.69) is 5.32 Å². The number of hydrogen-bond donors (Lipinski definition) is 1. The van der Waals surface area contributed by atoms with Crippen LogP contribution in [0.4, 0.5) is 15.8 Å². The van der Waals surface area contributed by atoms with Gasteiger partial charge in [0.25, 0.3) is 0 Å². The second kappa shape index (κ2) is 11.1. The van der Waals surface area contributed by atoms with Crippen molar-refractivity contribution in [3.05, 3.63) is 117 Å². The number of nitrogens with zero attached hydrogens (tertiary/aromatic N) is 2. The second-order valence-electron chi connectivity index (χ2n) is 10.5. The van der Waals surface area contributed by atoms with Crippen molar-refractivity contribution in [3.63, 3.8) is 0 Å². The predicted octanol–water partition coefficient (Wildman–Crippen LogP) is 5.65. The molecule has 1 saturated heterocycles. The molecular formula is C33H24FN3O5S2. The van der Waals surface area contributed by atoms with Gasteiger partial charge in [-0.2, -0.15) is 0 Å². The van der Waals surface area contributed by atoms with Crippen LogP contribution in [0.15, 0.2) is 101 Å². The first kappa shape index (κ1) is 28.1. The molecule has 3 amide bonds. The average Bonchev–Trinajstić information content (AvgIpc) is 3.47. The van der Waals surface area contributed by atoms with E-state index in [0.717, 1.165) is 44.3 Å². The zero-order valence-electron chi connectivity index (χ0n) is 23.2. The van der Waals surface area contributed by atoms with Crippen LogP contribution in [-0.2, 0) is 20.9 Å². The van der Waals surface area contributed by atoms with Crippen molar-refractivity contribution in [2.24, 2.45) is 5.92 Å². The molecular weight excluding hydrogens is 602 g/mol. The van der Waals surface area contributed by atoms with Gasteiger partial charge in [0.05, 0.1) is 23.7 Å². The summed E-state index contributed by atoms with van der Waals surface area (Å²) in [5, 5.41) is 4.52. The van der Waals surface area contributed by atoms with E-state index < -0.39 is 40.6 Å². The highest BCUT2D eigenvalue weighted by atomic mass is 32.2. The molecule has 0 aliphatic carbocycles. The van der Waals surface area contributed by atoms with E-state index in [1.54, 1.807) is 25.3 Å². The number of hydrogen-bond acceptors (Lipinski definition) is 7. The van der Waals surface area contributed by atoms with E-state index in [0.29, 0.717) is 21.3 Å². The number of halogens is 1. The average molecular weight is 626 g/mol. The van der Waals surface area contributed by atoms with Gasteiger partial charge in [-0.05, 0) is 64.9 Å². The molecule has 11 heteroatoms. The van der Waals surface area contributed by atoms with Gasteiger partial charge >= 0.3 is 4.87 Å². The largest absolute Gasteiger partial charge is 0.497 e. The van der Waals surface area contributed by atoms with Crippen molar-refractivity contribution in [3.8, 4) is 5.75 Å². The summed E-state index contributed by atoms with van der Waals surface area (Å²) in [6.45, 7) is -0.263. The maximum Gasteiger partial charge on any atom is 0.308 e. The molecule has 5 aromatic rings. The molecule has 1 aromatic heterocycles. The fraction of sp³-hybridized carbons (Fsp3) is 0.152. The van der Waals surface area contributed by atoms with Crippen LogP contribution in [0.1, 0.15) is 16.4 Å². The number of methoxy groups -OCH3 is 1. The van der Waals surface area contributed by atoms with Gasteiger partial charge in [0, 0.05) is 16.5 Å². The number of ether oxygens (including phenoxy) is 1. The molecule has 8 nitrogen and oxygen atoms in total. The Hall–Kier alpha value is -4.74. The number of thioether (sulfide) groups is 1. The Morgan fingerprint density at radius 2 is 1.64 bits per heavy atom. The van der Waals surface area contributed by atoms with Gasteiger partial charge in [-0.1, -0.05) is 65.6 Å². The van der Waals surface area contributed by atoms with Crippen LogP contribution < -0.4 is 19.8 Å². The third kappa shape index (κ3) is 4.78. The Bertz CT molecular complexity index is 2010. The van der Waals surface area contributed by atoms with Gasteiger partial charge in [-0.15, -0.1) is 0 Å². The quantitative estimate of drug-likeness (QED) is 0.245. The van der Waals surface area contributed by atoms with Crippen molar-refractivity contribution >= 4 is 63.0 Å². The Balaban J connectivity index is 1.26. The normalized spacial score (nSPS) is 19.1. The molecule has 0 spiro atoms. The highest BCUT2D eigenvalue weighted by molar-refractivity contribution is 8.00.